The molecule has 0 aromatic rings. The maximum absolute atomic E-state index is 9.45. The molecular formula is C3H5NNa2O2. The predicted octanol–water partition coefficient (Wildman–Crippen LogP) is -0.990. The number of carboxylic acid groups (broad SMARTS) is 1. The van der Waals surface area contributed by atoms with Gasteiger partial charge in [0.15, 0.2) is 0 Å². The van der Waals surface area contributed by atoms with Crippen molar-refractivity contribution in [2.75, 3.05) is 7.05 Å². The second-order valence-corrected chi connectivity index (χ2v) is 0.726. The van der Waals surface area contributed by atoms with E-state index in [0.717, 1.165) is 6.21 Å². The molecule has 0 rings (SSSR count). The van der Waals surface area contributed by atoms with Crippen molar-refractivity contribution in [1.82, 2.24) is 0 Å². The normalized spacial score (nSPS) is 7.12. The van der Waals surface area contributed by atoms with Crippen molar-refractivity contribution in [3.05, 3.63) is 0 Å². The van der Waals surface area contributed by atoms with Crippen molar-refractivity contribution in [2.45, 2.75) is 0 Å². The standard InChI is InChI=1S/C3H5NO2.2Na/c1-4-2-3(5)6;;/h2H,1H3,(H,5,6);;. The van der Waals surface area contributed by atoms with E-state index in [1.807, 2.05) is 0 Å². The first-order chi connectivity index (χ1) is 2.77. The summed E-state index contributed by atoms with van der Waals surface area (Å²) in [7, 11) is 1.41. The predicted molar refractivity (Wildman–Crippen MR) is 33.6 cm³/mol. The Morgan fingerprint density at radius 2 is 2.00 bits per heavy atom. The van der Waals surface area contributed by atoms with Gasteiger partial charge in [0.05, 0.1) is 0 Å². The van der Waals surface area contributed by atoms with E-state index in [1.54, 1.807) is 0 Å². The van der Waals surface area contributed by atoms with Gasteiger partial charge in [-0.3, -0.25) is 4.99 Å². The maximum atomic E-state index is 9.45. The van der Waals surface area contributed by atoms with Crippen LogP contribution in [0, 0.1) is 0 Å². The van der Waals surface area contributed by atoms with Crippen LogP contribution < -0.4 is 0 Å². The molecule has 0 aliphatic heterocycles. The number of aliphatic imine (C=N–C) groups is 1. The Hall–Kier alpha value is 1.14. The van der Waals surface area contributed by atoms with Crippen molar-refractivity contribution in [3.63, 3.8) is 0 Å². The fraction of sp³-hybridized carbons (Fsp3) is 0.333. The molecule has 0 aromatic carbocycles. The summed E-state index contributed by atoms with van der Waals surface area (Å²) in [4.78, 5) is 12.7. The molecule has 36 valence electrons. The zero-order valence-electron chi connectivity index (χ0n) is 5.38. The average molecular weight is 133 g/mol. The number of aliphatic carboxylic acids is 1. The summed E-state index contributed by atoms with van der Waals surface area (Å²) in [5.41, 5.74) is 0. The molecule has 0 saturated carbocycles. The molecule has 0 aliphatic rings. The van der Waals surface area contributed by atoms with Crippen LogP contribution in [0.1, 0.15) is 0 Å². The minimum atomic E-state index is -1.00. The molecule has 0 amide bonds. The molecule has 0 unspecified atom stereocenters. The van der Waals surface area contributed by atoms with Crippen LogP contribution in [-0.4, -0.2) is 83.5 Å². The Morgan fingerprint density at radius 3 is 2.00 bits per heavy atom. The Bertz CT molecular complexity index is 83.4. The largest absolute Gasteiger partial charge is 0.477 e. The van der Waals surface area contributed by atoms with Crippen LogP contribution in [0.4, 0.5) is 0 Å². The number of hydrogen-bond donors (Lipinski definition) is 1. The second-order valence-electron chi connectivity index (χ2n) is 0.726. The molecule has 1 N–H and O–H groups in total. The van der Waals surface area contributed by atoms with Crippen molar-refractivity contribution in [2.24, 2.45) is 4.99 Å². The SMILES string of the molecule is CN=CC(=O)O.[Na].[Na]. The third-order valence-corrected chi connectivity index (χ3v) is 0.240. The van der Waals surface area contributed by atoms with Crippen LogP contribution >= 0.6 is 0 Å². The van der Waals surface area contributed by atoms with Crippen molar-refractivity contribution in [1.29, 1.82) is 0 Å². The van der Waals surface area contributed by atoms with Gasteiger partial charge in [-0.15, -0.1) is 0 Å². The molecule has 8 heavy (non-hydrogen) atoms. The number of rotatable bonds is 1. The molecule has 0 bridgehead atoms. The Balaban J connectivity index is -0.000000125. The molecule has 0 saturated heterocycles. The van der Waals surface area contributed by atoms with Crippen LogP contribution in [0.2, 0.25) is 0 Å². The van der Waals surface area contributed by atoms with Gasteiger partial charge in [-0.25, -0.2) is 4.79 Å². The van der Waals surface area contributed by atoms with E-state index < -0.39 is 5.97 Å². The van der Waals surface area contributed by atoms with Crippen LogP contribution in [0.15, 0.2) is 4.99 Å². The average Bonchev–Trinajstić information content (AvgIpc) is 1.35. The van der Waals surface area contributed by atoms with Gasteiger partial charge in [-0.2, -0.15) is 0 Å². The molecule has 3 nitrogen and oxygen atoms in total. The van der Waals surface area contributed by atoms with E-state index in [0.29, 0.717) is 0 Å². The van der Waals surface area contributed by atoms with Crippen molar-refractivity contribution < 1.29 is 9.90 Å². The first-order valence-electron chi connectivity index (χ1n) is 1.42. The van der Waals surface area contributed by atoms with Gasteiger partial charge in [0.25, 0.3) is 0 Å². The van der Waals surface area contributed by atoms with E-state index in [-0.39, 0.29) is 59.1 Å². The van der Waals surface area contributed by atoms with E-state index in [1.165, 1.54) is 7.05 Å². The first-order valence-corrected chi connectivity index (χ1v) is 1.42. The van der Waals surface area contributed by atoms with E-state index in [4.69, 9.17) is 5.11 Å². The molecule has 5 heteroatoms. The molecule has 0 spiro atoms. The van der Waals surface area contributed by atoms with Gasteiger partial charge >= 0.3 is 5.97 Å². The second kappa shape index (κ2) is 11.0. The molecule has 0 heterocycles. The molecule has 0 fully saturated rings. The summed E-state index contributed by atoms with van der Waals surface area (Å²) in [6, 6.07) is 0. The Kier molecular flexibility index (Phi) is 22.1. The summed E-state index contributed by atoms with van der Waals surface area (Å²) in [6.07, 6.45) is 0.833. The zero-order valence-corrected chi connectivity index (χ0v) is 9.38. The molecule has 0 aliphatic carbocycles. The van der Waals surface area contributed by atoms with Crippen molar-refractivity contribution >= 4 is 71.3 Å². The van der Waals surface area contributed by atoms with Gasteiger partial charge in [0, 0.05) is 66.2 Å². The topological polar surface area (TPSA) is 49.7 Å². The van der Waals surface area contributed by atoms with Gasteiger partial charge in [0.2, 0.25) is 0 Å². The molecule has 2 radical (unpaired) electrons. The first kappa shape index (κ1) is 16.1. The van der Waals surface area contributed by atoms with Crippen LogP contribution in [0.25, 0.3) is 0 Å². The van der Waals surface area contributed by atoms with Crippen molar-refractivity contribution in [3.8, 4) is 0 Å². The van der Waals surface area contributed by atoms with Gasteiger partial charge < -0.3 is 5.11 Å². The fourth-order valence-corrected chi connectivity index (χ4v) is 0.110. The Labute approximate surface area is 92.1 Å². The van der Waals surface area contributed by atoms with Crippen LogP contribution in [0.5, 0.6) is 0 Å². The number of carboxylic acids is 1. The smallest absolute Gasteiger partial charge is 0.346 e. The van der Waals surface area contributed by atoms with E-state index >= 15 is 0 Å². The quantitative estimate of drug-likeness (QED) is 0.369. The monoisotopic (exact) mass is 133 g/mol. The van der Waals surface area contributed by atoms with Gasteiger partial charge in [0.1, 0.15) is 6.21 Å². The van der Waals surface area contributed by atoms with E-state index in [9.17, 15) is 4.79 Å². The third-order valence-electron chi connectivity index (χ3n) is 0.240. The number of nitrogens with zero attached hydrogens (tertiary/aromatic N) is 1. The number of hydrogen-bond acceptors (Lipinski definition) is 2. The summed E-state index contributed by atoms with van der Waals surface area (Å²) < 4.78 is 0. The molecular weight excluding hydrogens is 128 g/mol. The minimum absolute atomic E-state index is 0. The summed E-state index contributed by atoms with van der Waals surface area (Å²) in [5, 5.41) is 7.76. The third kappa shape index (κ3) is 15.7. The zero-order chi connectivity index (χ0) is 4.99. The van der Waals surface area contributed by atoms with Crippen LogP contribution in [0.3, 0.4) is 0 Å². The summed E-state index contributed by atoms with van der Waals surface area (Å²) >= 11 is 0. The molecule has 0 aromatic heterocycles. The molecule has 0 atom stereocenters. The van der Waals surface area contributed by atoms with Crippen LogP contribution in [-0.2, 0) is 4.79 Å². The maximum Gasteiger partial charge on any atom is 0.346 e. The summed E-state index contributed by atoms with van der Waals surface area (Å²) in [5.74, 6) is -1.00. The minimum Gasteiger partial charge on any atom is -0.477 e. The van der Waals surface area contributed by atoms with Gasteiger partial charge in [-0.05, 0) is 0 Å². The Morgan fingerprint density at radius 1 is 1.62 bits per heavy atom. The van der Waals surface area contributed by atoms with E-state index in [2.05, 4.69) is 4.99 Å². The number of carbonyl (C=O) groups is 1. The van der Waals surface area contributed by atoms with Gasteiger partial charge in [-0.1, -0.05) is 0 Å². The fourth-order valence-electron chi connectivity index (χ4n) is 0.110. The summed E-state index contributed by atoms with van der Waals surface area (Å²) in [6.45, 7) is 0.